The molecule has 0 radical (unpaired) electrons. The lowest BCUT2D eigenvalue weighted by Crippen LogP contribution is -2.39. The number of anilines is 1. The number of hydrogen-bond acceptors (Lipinski definition) is 5. The van der Waals surface area contributed by atoms with Gasteiger partial charge in [0.05, 0.1) is 25.9 Å². The van der Waals surface area contributed by atoms with E-state index in [-0.39, 0.29) is 18.0 Å². The van der Waals surface area contributed by atoms with Gasteiger partial charge in [-0.1, -0.05) is 23.7 Å². The smallest absolute Gasteiger partial charge is 0.255 e. The average molecular weight is 527 g/mol. The molecule has 0 bridgehead atoms. The van der Waals surface area contributed by atoms with Crippen LogP contribution in [0.4, 0.5) is 10.1 Å². The highest BCUT2D eigenvalue weighted by molar-refractivity contribution is 6.30. The Kier molecular flexibility index (Phi) is 8.18. The zero-order valence-corrected chi connectivity index (χ0v) is 21.6. The summed E-state index contributed by atoms with van der Waals surface area (Å²) in [6.45, 7) is 6.33. The largest absolute Gasteiger partial charge is 0.490 e. The van der Waals surface area contributed by atoms with Crippen molar-refractivity contribution in [2.75, 3.05) is 31.7 Å². The summed E-state index contributed by atoms with van der Waals surface area (Å²) in [5.41, 5.74) is 2.01. The number of rotatable bonds is 8. The molecule has 0 fully saturated rings. The highest BCUT2D eigenvalue weighted by atomic mass is 35.5. The van der Waals surface area contributed by atoms with E-state index >= 15 is 0 Å². The molecule has 0 saturated heterocycles. The van der Waals surface area contributed by atoms with Crippen LogP contribution in [0.15, 0.2) is 54.6 Å². The van der Waals surface area contributed by atoms with Crippen LogP contribution in [-0.2, 0) is 4.79 Å². The van der Waals surface area contributed by atoms with Crippen LogP contribution in [0.1, 0.15) is 48.3 Å². The van der Waals surface area contributed by atoms with Crippen LogP contribution in [0.2, 0.25) is 5.02 Å². The van der Waals surface area contributed by atoms with Crippen molar-refractivity contribution >= 4 is 29.1 Å². The topological polar surface area (TPSA) is 77.1 Å². The predicted octanol–water partition coefficient (Wildman–Crippen LogP) is 5.86. The molecule has 1 heterocycles. The van der Waals surface area contributed by atoms with Gasteiger partial charge in [-0.25, -0.2) is 4.39 Å². The van der Waals surface area contributed by atoms with Crippen LogP contribution >= 0.6 is 11.6 Å². The zero-order chi connectivity index (χ0) is 26.5. The molecule has 1 atom stereocenters. The zero-order valence-electron chi connectivity index (χ0n) is 20.8. The quantitative estimate of drug-likeness (QED) is 0.398. The highest BCUT2D eigenvalue weighted by Crippen LogP contribution is 2.42. The Hall–Kier alpha value is -3.78. The van der Waals surface area contributed by atoms with E-state index in [9.17, 15) is 14.0 Å². The van der Waals surface area contributed by atoms with E-state index in [1.807, 2.05) is 20.8 Å². The minimum atomic E-state index is -0.724. The molecule has 1 aliphatic rings. The summed E-state index contributed by atoms with van der Waals surface area (Å²) >= 11 is 6.32. The first-order valence-corrected chi connectivity index (χ1v) is 12.5. The van der Waals surface area contributed by atoms with Crippen molar-refractivity contribution in [3.05, 3.63) is 82.1 Å². The molecule has 0 aliphatic carbocycles. The van der Waals surface area contributed by atoms with Crippen molar-refractivity contribution in [2.24, 2.45) is 0 Å². The Balaban J connectivity index is 1.88. The van der Waals surface area contributed by atoms with Gasteiger partial charge in [0.25, 0.3) is 5.91 Å². The van der Waals surface area contributed by atoms with Gasteiger partial charge < -0.3 is 24.4 Å². The van der Waals surface area contributed by atoms with Crippen molar-refractivity contribution in [1.29, 1.82) is 0 Å². The molecule has 3 aromatic rings. The minimum Gasteiger partial charge on any atom is -0.490 e. The second kappa shape index (κ2) is 11.5. The van der Waals surface area contributed by atoms with Gasteiger partial charge in [-0.05, 0) is 68.8 Å². The van der Waals surface area contributed by atoms with E-state index in [4.69, 9.17) is 25.8 Å². The van der Waals surface area contributed by atoms with Crippen LogP contribution in [0.5, 0.6) is 17.2 Å². The van der Waals surface area contributed by atoms with Gasteiger partial charge in [0, 0.05) is 21.8 Å². The molecule has 37 heavy (non-hydrogen) atoms. The third kappa shape index (κ3) is 5.64. The second-order valence-electron chi connectivity index (χ2n) is 8.27. The van der Waals surface area contributed by atoms with E-state index < -0.39 is 17.8 Å². The lowest BCUT2D eigenvalue weighted by atomic mass is 9.95. The summed E-state index contributed by atoms with van der Waals surface area (Å²) in [6, 6.07) is 13.3. The summed E-state index contributed by atoms with van der Waals surface area (Å²) in [4.78, 5) is 28.5. The SMILES string of the molecule is CCOc1cc(C(=O)N2CC(=O)Nc3ccc(Cl)cc3[C@H]2c2ccc(F)cc2)cc(OCC)c1OCC. The molecule has 9 heteroatoms. The van der Waals surface area contributed by atoms with Crippen molar-refractivity contribution in [2.45, 2.75) is 26.8 Å². The summed E-state index contributed by atoms with van der Waals surface area (Å²) in [5, 5.41) is 3.29. The summed E-state index contributed by atoms with van der Waals surface area (Å²) < 4.78 is 31.1. The Labute approximate surface area is 220 Å². The van der Waals surface area contributed by atoms with Crippen molar-refractivity contribution < 1.29 is 28.2 Å². The highest BCUT2D eigenvalue weighted by Gasteiger charge is 2.35. The summed E-state index contributed by atoms with van der Waals surface area (Å²) in [5.74, 6) is -0.0993. The van der Waals surface area contributed by atoms with Gasteiger partial charge in [0.2, 0.25) is 11.7 Å². The Bertz CT molecular complexity index is 1270. The van der Waals surface area contributed by atoms with Crippen LogP contribution in [0.3, 0.4) is 0 Å². The van der Waals surface area contributed by atoms with Crippen molar-refractivity contribution in [3.8, 4) is 17.2 Å². The van der Waals surface area contributed by atoms with E-state index in [0.29, 0.717) is 58.9 Å². The summed E-state index contributed by atoms with van der Waals surface area (Å²) in [7, 11) is 0. The van der Waals surface area contributed by atoms with E-state index in [2.05, 4.69) is 5.32 Å². The molecule has 4 rings (SSSR count). The minimum absolute atomic E-state index is 0.242. The second-order valence-corrected chi connectivity index (χ2v) is 8.70. The standard InChI is InChI=1S/C28H28ClFN2O5/c1-4-35-23-13-18(14-24(36-5-2)27(23)37-6-3)28(34)32-16-25(33)31-22-12-9-19(29)15-21(22)26(32)17-7-10-20(30)11-8-17/h7-15,26H,4-6,16H2,1-3H3,(H,31,33)/t26-/m1/s1. The van der Waals surface area contributed by atoms with E-state index in [0.717, 1.165) is 0 Å². The fraction of sp³-hybridized carbons (Fsp3) is 0.286. The molecule has 0 unspecified atom stereocenters. The number of ether oxygens (including phenoxy) is 3. The van der Waals surface area contributed by atoms with Crippen molar-refractivity contribution in [1.82, 2.24) is 4.90 Å². The molecule has 194 valence electrons. The summed E-state index contributed by atoms with van der Waals surface area (Å²) in [6.07, 6.45) is 0. The first kappa shape index (κ1) is 26.3. The molecular weight excluding hydrogens is 499 g/mol. The van der Waals surface area contributed by atoms with Crippen LogP contribution < -0.4 is 19.5 Å². The Morgan fingerprint density at radius 2 is 1.59 bits per heavy atom. The molecule has 0 aromatic heterocycles. The molecule has 0 spiro atoms. The molecule has 1 aliphatic heterocycles. The maximum Gasteiger partial charge on any atom is 0.255 e. The first-order chi connectivity index (χ1) is 17.9. The Morgan fingerprint density at radius 3 is 2.19 bits per heavy atom. The fourth-order valence-electron chi connectivity index (χ4n) is 4.35. The van der Waals surface area contributed by atoms with Crippen LogP contribution in [0.25, 0.3) is 0 Å². The lowest BCUT2D eigenvalue weighted by Gasteiger charge is -2.31. The molecule has 0 saturated carbocycles. The monoisotopic (exact) mass is 526 g/mol. The van der Waals surface area contributed by atoms with Crippen LogP contribution in [-0.4, -0.2) is 43.1 Å². The Morgan fingerprint density at radius 1 is 0.973 bits per heavy atom. The molecule has 3 aromatic carbocycles. The fourth-order valence-corrected chi connectivity index (χ4v) is 4.53. The number of nitrogens with one attached hydrogen (secondary N) is 1. The number of halogens is 2. The molecule has 7 nitrogen and oxygen atoms in total. The van der Waals surface area contributed by atoms with Gasteiger partial charge in [0.15, 0.2) is 11.5 Å². The van der Waals surface area contributed by atoms with Gasteiger partial charge in [0.1, 0.15) is 12.4 Å². The molecular formula is C28H28ClFN2O5. The third-order valence-electron chi connectivity index (χ3n) is 5.81. The van der Waals surface area contributed by atoms with Crippen molar-refractivity contribution in [3.63, 3.8) is 0 Å². The number of nitrogens with zero attached hydrogens (tertiary/aromatic N) is 1. The third-order valence-corrected chi connectivity index (χ3v) is 6.05. The average Bonchev–Trinajstić information content (AvgIpc) is 3.01. The number of hydrogen-bond donors (Lipinski definition) is 1. The number of amides is 2. The predicted molar refractivity (Wildman–Crippen MR) is 139 cm³/mol. The number of benzene rings is 3. The molecule has 1 N–H and O–H groups in total. The van der Waals surface area contributed by atoms with E-state index in [1.165, 1.54) is 17.0 Å². The van der Waals surface area contributed by atoms with Gasteiger partial charge >= 0.3 is 0 Å². The van der Waals surface area contributed by atoms with E-state index in [1.54, 1.807) is 42.5 Å². The number of carbonyl (C=O) groups excluding carboxylic acids is 2. The van der Waals surface area contributed by atoms with Crippen LogP contribution in [0, 0.1) is 5.82 Å². The maximum absolute atomic E-state index is 14.1. The first-order valence-electron chi connectivity index (χ1n) is 12.1. The number of carbonyl (C=O) groups is 2. The van der Waals surface area contributed by atoms with Gasteiger partial charge in [-0.3, -0.25) is 9.59 Å². The maximum atomic E-state index is 14.1. The van der Waals surface area contributed by atoms with Gasteiger partial charge in [-0.2, -0.15) is 0 Å². The molecule has 2 amide bonds. The lowest BCUT2D eigenvalue weighted by molar-refractivity contribution is -0.117. The normalized spacial score (nSPS) is 14.9. The number of fused-ring (bicyclic) bond motifs is 1. The van der Waals surface area contributed by atoms with Gasteiger partial charge in [-0.15, -0.1) is 0 Å².